The summed E-state index contributed by atoms with van der Waals surface area (Å²) in [6, 6.07) is 5.77. The molecule has 0 aromatic heterocycles. The summed E-state index contributed by atoms with van der Waals surface area (Å²) in [6.45, 7) is 10.8. The van der Waals surface area contributed by atoms with Gasteiger partial charge < -0.3 is 4.74 Å². The quantitative estimate of drug-likeness (QED) is 0.334. The first-order valence-electron chi connectivity index (χ1n) is 5.13. The smallest absolute Gasteiger partial charge is 0.338 e. The van der Waals surface area contributed by atoms with E-state index in [2.05, 4.69) is 13.2 Å². The van der Waals surface area contributed by atoms with E-state index in [-0.39, 0.29) is 5.97 Å². The molecule has 0 amide bonds. The number of hydrogen-bond donors (Lipinski definition) is 0. The van der Waals surface area contributed by atoms with Crippen LogP contribution in [0.4, 0.5) is 0 Å². The lowest BCUT2D eigenvalue weighted by atomic mass is 10.1. The van der Waals surface area contributed by atoms with Crippen molar-refractivity contribution >= 4 is 5.97 Å². The van der Waals surface area contributed by atoms with E-state index in [0.29, 0.717) is 17.7 Å². The zero-order valence-corrected chi connectivity index (χ0v) is 9.75. The lowest BCUT2D eigenvalue weighted by Crippen LogP contribution is -2.10. The van der Waals surface area contributed by atoms with Gasteiger partial charge in [-0.25, -0.2) is 4.79 Å². The molecule has 0 saturated carbocycles. The van der Waals surface area contributed by atoms with Crippen molar-refractivity contribution < 1.29 is 9.53 Å². The summed E-state index contributed by atoms with van der Waals surface area (Å²) in [7, 11) is 0. The molecule has 16 heavy (non-hydrogen) atoms. The minimum atomic E-state index is -0.389. The molecule has 0 fully saturated rings. The number of rotatable bonds is 4. The molecule has 0 aliphatic heterocycles. The maximum atomic E-state index is 11.5. The van der Waals surface area contributed by atoms with Crippen molar-refractivity contribution in [3.63, 3.8) is 0 Å². The second-order valence-corrected chi connectivity index (χ2v) is 3.73. The van der Waals surface area contributed by atoms with Gasteiger partial charge in [0, 0.05) is 5.57 Å². The molecule has 0 unspecified atom stereocenters. The molecule has 1 rings (SSSR count). The molecule has 0 spiro atoms. The lowest BCUT2D eigenvalue weighted by Gasteiger charge is -2.11. The Morgan fingerprint density at radius 3 is 2.75 bits per heavy atom. The van der Waals surface area contributed by atoms with Gasteiger partial charge in [0.2, 0.25) is 0 Å². The van der Waals surface area contributed by atoms with Crippen LogP contribution in [0.15, 0.2) is 43.0 Å². The fraction of sp³-hybridized carbons (Fsp3) is 0.214. The first-order valence-corrected chi connectivity index (χ1v) is 5.13. The molecule has 0 aliphatic carbocycles. The van der Waals surface area contributed by atoms with E-state index in [4.69, 9.17) is 4.74 Å². The maximum absolute atomic E-state index is 11.5. The Balaban J connectivity index is 3.05. The summed E-state index contributed by atoms with van der Waals surface area (Å²) in [4.78, 5) is 11.5. The summed E-state index contributed by atoms with van der Waals surface area (Å²) in [6.07, 6.45) is 2.47. The van der Waals surface area contributed by atoms with Crippen molar-refractivity contribution in [3.8, 4) is 5.75 Å². The van der Waals surface area contributed by atoms with Crippen molar-refractivity contribution in [2.45, 2.75) is 20.3 Å². The standard InChI is InChI=1S/C14H16O2/c1-5-7-12-9-6-8-11(4)13(12)16-14(15)10(2)3/h5-6,8-9H,1-2,7H2,3-4H3. The average molecular weight is 216 g/mol. The van der Waals surface area contributed by atoms with Crippen LogP contribution in [0.1, 0.15) is 18.1 Å². The average Bonchev–Trinajstić information content (AvgIpc) is 2.23. The SMILES string of the molecule is C=CCc1cccc(C)c1OC(=O)C(=C)C. The van der Waals surface area contributed by atoms with Gasteiger partial charge in [0.05, 0.1) is 0 Å². The van der Waals surface area contributed by atoms with Gasteiger partial charge >= 0.3 is 5.97 Å². The van der Waals surface area contributed by atoms with Crippen molar-refractivity contribution in [2.75, 3.05) is 0 Å². The second kappa shape index (κ2) is 5.31. The number of carbonyl (C=O) groups excluding carboxylic acids is 1. The molecule has 0 bridgehead atoms. The van der Waals surface area contributed by atoms with E-state index in [1.54, 1.807) is 13.0 Å². The van der Waals surface area contributed by atoms with Crippen LogP contribution in [0.25, 0.3) is 0 Å². The number of ether oxygens (including phenoxy) is 1. The zero-order chi connectivity index (χ0) is 12.1. The Hall–Kier alpha value is -1.83. The Labute approximate surface area is 96.2 Å². The molecule has 0 N–H and O–H groups in total. The van der Waals surface area contributed by atoms with Gasteiger partial charge in [-0.2, -0.15) is 0 Å². The summed E-state index contributed by atoms with van der Waals surface area (Å²) < 4.78 is 5.30. The summed E-state index contributed by atoms with van der Waals surface area (Å²) in [5.74, 6) is 0.231. The lowest BCUT2D eigenvalue weighted by molar-refractivity contribution is -0.130. The van der Waals surface area contributed by atoms with Gasteiger partial charge in [-0.3, -0.25) is 0 Å². The highest BCUT2D eigenvalue weighted by Crippen LogP contribution is 2.24. The molecule has 2 nitrogen and oxygen atoms in total. The van der Waals surface area contributed by atoms with E-state index in [1.807, 2.05) is 25.1 Å². The largest absolute Gasteiger partial charge is 0.423 e. The van der Waals surface area contributed by atoms with E-state index < -0.39 is 0 Å². The van der Waals surface area contributed by atoms with Crippen LogP contribution in [0, 0.1) is 6.92 Å². The van der Waals surface area contributed by atoms with Gasteiger partial charge in [0.1, 0.15) is 5.75 Å². The van der Waals surface area contributed by atoms with Gasteiger partial charge in [-0.15, -0.1) is 6.58 Å². The van der Waals surface area contributed by atoms with E-state index in [9.17, 15) is 4.79 Å². The number of aryl methyl sites for hydroxylation is 1. The van der Waals surface area contributed by atoms with Crippen LogP contribution in [0.2, 0.25) is 0 Å². The maximum Gasteiger partial charge on any atom is 0.338 e. The normalized spacial score (nSPS) is 9.62. The zero-order valence-electron chi connectivity index (χ0n) is 9.75. The van der Waals surface area contributed by atoms with Crippen molar-refractivity contribution in [2.24, 2.45) is 0 Å². The van der Waals surface area contributed by atoms with E-state index >= 15 is 0 Å². The number of allylic oxidation sites excluding steroid dienone is 1. The molecule has 2 heteroatoms. The molecule has 1 aromatic rings. The van der Waals surface area contributed by atoms with E-state index in [1.165, 1.54) is 0 Å². The Morgan fingerprint density at radius 1 is 1.50 bits per heavy atom. The topological polar surface area (TPSA) is 26.3 Å². The minimum Gasteiger partial charge on any atom is -0.423 e. The minimum absolute atomic E-state index is 0.389. The Kier molecular flexibility index (Phi) is 4.06. The number of esters is 1. The van der Waals surface area contributed by atoms with Crippen molar-refractivity contribution in [1.82, 2.24) is 0 Å². The second-order valence-electron chi connectivity index (χ2n) is 3.73. The molecule has 0 aliphatic rings. The third-order valence-corrected chi connectivity index (χ3v) is 2.20. The summed E-state index contributed by atoms with van der Waals surface area (Å²) in [5, 5.41) is 0. The fourth-order valence-corrected chi connectivity index (χ4v) is 1.36. The van der Waals surface area contributed by atoms with E-state index in [0.717, 1.165) is 11.1 Å². The Morgan fingerprint density at radius 2 is 2.19 bits per heavy atom. The summed E-state index contributed by atoms with van der Waals surface area (Å²) in [5.41, 5.74) is 2.30. The monoisotopic (exact) mass is 216 g/mol. The van der Waals surface area contributed by atoms with Crippen LogP contribution < -0.4 is 4.74 Å². The highest BCUT2D eigenvalue weighted by molar-refractivity contribution is 5.89. The number of benzene rings is 1. The van der Waals surface area contributed by atoms with Crippen molar-refractivity contribution in [1.29, 1.82) is 0 Å². The highest BCUT2D eigenvalue weighted by Gasteiger charge is 2.11. The Bertz CT molecular complexity index is 430. The van der Waals surface area contributed by atoms with Crippen LogP contribution in [-0.4, -0.2) is 5.97 Å². The number of hydrogen-bond acceptors (Lipinski definition) is 2. The first-order chi connectivity index (χ1) is 7.56. The van der Waals surface area contributed by atoms with Gasteiger partial charge in [-0.05, 0) is 31.4 Å². The highest BCUT2D eigenvalue weighted by atomic mass is 16.5. The van der Waals surface area contributed by atoms with Gasteiger partial charge in [-0.1, -0.05) is 30.9 Å². The molecule has 0 atom stereocenters. The van der Waals surface area contributed by atoms with Crippen LogP contribution in [0.5, 0.6) is 5.75 Å². The third kappa shape index (κ3) is 2.83. The first kappa shape index (κ1) is 12.2. The summed E-state index contributed by atoms with van der Waals surface area (Å²) >= 11 is 0. The molecule has 1 aromatic carbocycles. The number of carbonyl (C=O) groups is 1. The number of para-hydroxylation sites is 1. The molecular weight excluding hydrogens is 200 g/mol. The van der Waals surface area contributed by atoms with Crippen LogP contribution in [0.3, 0.4) is 0 Å². The third-order valence-electron chi connectivity index (χ3n) is 2.20. The van der Waals surface area contributed by atoms with Crippen LogP contribution >= 0.6 is 0 Å². The predicted octanol–water partition coefficient (Wildman–Crippen LogP) is 3.21. The molecule has 0 heterocycles. The molecule has 0 radical (unpaired) electrons. The molecular formula is C14H16O2. The van der Waals surface area contributed by atoms with Gasteiger partial charge in [0.25, 0.3) is 0 Å². The van der Waals surface area contributed by atoms with Crippen LogP contribution in [-0.2, 0) is 11.2 Å². The molecule has 0 saturated heterocycles. The predicted molar refractivity (Wildman–Crippen MR) is 65.5 cm³/mol. The fourth-order valence-electron chi connectivity index (χ4n) is 1.36. The van der Waals surface area contributed by atoms with Gasteiger partial charge in [0.15, 0.2) is 0 Å². The van der Waals surface area contributed by atoms with Crippen molar-refractivity contribution in [3.05, 3.63) is 54.1 Å². The molecule has 84 valence electrons.